The zero-order valence-corrected chi connectivity index (χ0v) is 13.7. The molecule has 0 fully saturated rings. The summed E-state index contributed by atoms with van der Waals surface area (Å²) < 4.78 is 20.0. The van der Waals surface area contributed by atoms with Gasteiger partial charge in [0.2, 0.25) is 0 Å². The zero-order valence-electron chi connectivity index (χ0n) is 12.9. The largest absolute Gasteiger partial charge is 0.494 e. The molecule has 0 aliphatic carbocycles. The van der Waals surface area contributed by atoms with Crippen molar-refractivity contribution in [3.8, 4) is 5.75 Å². The Morgan fingerprint density at radius 1 is 1.22 bits per heavy atom. The summed E-state index contributed by atoms with van der Waals surface area (Å²) in [5.74, 6) is -0.347. The number of nitrogens with one attached hydrogen (secondary N) is 1. The maximum Gasteiger partial charge on any atom is 0.265 e. The molecular weight excluding hydrogens is 313 g/mol. The van der Waals surface area contributed by atoms with Crippen LogP contribution in [0.1, 0.15) is 20.8 Å². The normalized spacial score (nSPS) is 10.7. The van der Waals surface area contributed by atoms with Gasteiger partial charge in [-0.2, -0.15) is 0 Å². The van der Waals surface area contributed by atoms with Crippen molar-refractivity contribution in [1.29, 1.82) is 0 Å². The van der Waals surface area contributed by atoms with Crippen molar-refractivity contribution in [2.45, 2.75) is 13.5 Å². The van der Waals surface area contributed by atoms with Crippen molar-refractivity contribution in [3.05, 3.63) is 64.3 Å². The average molecular weight is 329 g/mol. The molecule has 0 atom stereocenters. The predicted molar refractivity (Wildman–Crippen MR) is 90.7 cm³/mol. The van der Waals surface area contributed by atoms with Crippen LogP contribution < -0.4 is 10.1 Å². The number of rotatable bonds is 4. The second-order valence-electron chi connectivity index (χ2n) is 5.25. The molecule has 23 heavy (non-hydrogen) atoms. The van der Waals surface area contributed by atoms with E-state index < -0.39 is 0 Å². The molecule has 5 heteroatoms. The SMILES string of the molecule is COc1c(C(=O)NCc2ccc(C)cc2)sc2cccc(F)c12. The summed E-state index contributed by atoms with van der Waals surface area (Å²) in [6.07, 6.45) is 0. The van der Waals surface area contributed by atoms with E-state index >= 15 is 0 Å². The molecule has 0 spiro atoms. The molecule has 3 nitrogen and oxygen atoms in total. The highest BCUT2D eigenvalue weighted by atomic mass is 32.1. The lowest BCUT2D eigenvalue weighted by Gasteiger charge is -2.06. The van der Waals surface area contributed by atoms with E-state index in [9.17, 15) is 9.18 Å². The van der Waals surface area contributed by atoms with Gasteiger partial charge in [-0.05, 0) is 24.6 Å². The van der Waals surface area contributed by atoms with E-state index in [1.54, 1.807) is 12.1 Å². The lowest BCUT2D eigenvalue weighted by atomic mass is 10.1. The molecule has 0 aliphatic rings. The standard InChI is InChI=1S/C18H16FNO2S/c1-11-6-8-12(9-7-11)10-20-18(21)17-16(22-2)15-13(19)4-3-5-14(15)23-17/h3-9H,10H2,1-2H3,(H,20,21). The van der Waals surface area contributed by atoms with Gasteiger partial charge >= 0.3 is 0 Å². The maximum absolute atomic E-state index is 14.0. The molecule has 0 bridgehead atoms. The van der Waals surface area contributed by atoms with Crippen LogP contribution in [0.3, 0.4) is 0 Å². The van der Waals surface area contributed by atoms with Crippen molar-refractivity contribution in [1.82, 2.24) is 5.32 Å². The topological polar surface area (TPSA) is 38.3 Å². The van der Waals surface area contributed by atoms with Crippen LogP contribution in [0.2, 0.25) is 0 Å². The van der Waals surface area contributed by atoms with Gasteiger partial charge in [0, 0.05) is 11.2 Å². The van der Waals surface area contributed by atoms with Gasteiger partial charge < -0.3 is 10.1 Å². The number of carbonyl (C=O) groups excluding carboxylic acids is 1. The van der Waals surface area contributed by atoms with Gasteiger partial charge in [-0.3, -0.25) is 4.79 Å². The molecule has 0 saturated carbocycles. The number of hydrogen-bond donors (Lipinski definition) is 1. The van der Waals surface area contributed by atoms with Crippen LogP contribution in [-0.4, -0.2) is 13.0 Å². The van der Waals surface area contributed by atoms with E-state index in [-0.39, 0.29) is 11.7 Å². The minimum atomic E-state index is -0.381. The van der Waals surface area contributed by atoms with Crippen LogP contribution in [0.5, 0.6) is 5.75 Å². The number of methoxy groups -OCH3 is 1. The van der Waals surface area contributed by atoms with E-state index in [2.05, 4.69) is 5.32 Å². The molecule has 0 aliphatic heterocycles. The van der Waals surface area contributed by atoms with Crippen LogP contribution >= 0.6 is 11.3 Å². The minimum Gasteiger partial charge on any atom is -0.494 e. The molecule has 2 aromatic carbocycles. The lowest BCUT2D eigenvalue weighted by molar-refractivity contribution is 0.0952. The van der Waals surface area contributed by atoms with E-state index in [4.69, 9.17) is 4.74 Å². The van der Waals surface area contributed by atoms with Gasteiger partial charge in [0.15, 0.2) is 5.75 Å². The van der Waals surface area contributed by atoms with Crippen molar-refractivity contribution < 1.29 is 13.9 Å². The second-order valence-corrected chi connectivity index (χ2v) is 6.30. The number of thiophene rings is 1. The Labute approximate surface area is 137 Å². The van der Waals surface area contributed by atoms with Gasteiger partial charge in [-0.25, -0.2) is 4.39 Å². The first-order valence-electron chi connectivity index (χ1n) is 7.19. The molecule has 0 saturated heterocycles. The smallest absolute Gasteiger partial charge is 0.265 e. The van der Waals surface area contributed by atoms with Gasteiger partial charge in [0.25, 0.3) is 5.91 Å². The number of aryl methyl sites for hydroxylation is 1. The van der Waals surface area contributed by atoms with Crippen molar-refractivity contribution in [3.63, 3.8) is 0 Å². The van der Waals surface area contributed by atoms with Gasteiger partial charge in [-0.1, -0.05) is 35.9 Å². The molecule has 3 aromatic rings. The Balaban J connectivity index is 1.86. The van der Waals surface area contributed by atoms with Crippen molar-refractivity contribution in [2.24, 2.45) is 0 Å². The third kappa shape index (κ3) is 3.05. The molecule has 1 aromatic heterocycles. The third-order valence-corrected chi connectivity index (χ3v) is 4.74. The fraction of sp³-hybridized carbons (Fsp3) is 0.167. The second kappa shape index (κ2) is 6.38. The summed E-state index contributed by atoms with van der Waals surface area (Å²) in [4.78, 5) is 12.8. The number of carbonyl (C=O) groups is 1. The Hall–Kier alpha value is -2.40. The van der Waals surface area contributed by atoms with E-state index in [0.717, 1.165) is 5.56 Å². The summed E-state index contributed by atoms with van der Waals surface area (Å²) in [5.41, 5.74) is 2.18. The summed E-state index contributed by atoms with van der Waals surface area (Å²) in [7, 11) is 1.45. The molecule has 118 valence electrons. The molecule has 3 rings (SSSR count). The number of benzene rings is 2. The number of ether oxygens (including phenoxy) is 1. The third-order valence-electron chi connectivity index (χ3n) is 3.60. The summed E-state index contributed by atoms with van der Waals surface area (Å²) >= 11 is 1.23. The molecular formula is C18H16FNO2S. The van der Waals surface area contributed by atoms with E-state index in [0.29, 0.717) is 27.3 Å². The predicted octanol–water partition coefficient (Wildman–Crippen LogP) is 4.29. The van der Waals surface area contributed by atoms with E-state index in [1.807, 2.05) is 31.2 Å². The Bertz CT molecular complexity index is 855. The van der Waals surface area contributed by atoms with Crippen LogP contribution in [-0.2, 0) is 6.54 Å². The fourth-order valence-electron chi connectivity index (χ4n) is 2.39. The highest BCUT2D eigenvalue weighted by Gasteiger charge is 2.21. The maximum atomic E-state index is 14.0. The summed E-state index contributed by atoms with van der Waals surface area (Å²) in [6, 6.07) is 12.7. The van der Waals surface area contributed by atoms with Crippen molar-refractivity contribution >= 4 is 27.3 Å². The molecule has 0 radical (unpaired) electrons. The van der Waals surface area contributed by atoms with Crippen LogP contribution in [0.4, 0.5) is 4.39 Å². The first kappa shape index (κ1) is 15.5. The van der Waals surface area contributed by atoms with Gasteiger partial charge in [-0.15, -0.1) is 11.3 Å². The summed E-state index contributed by atoms with van der Waals surface area (Å²) in [5, 5.41) is 3.22. The Kier molecular flexibility index (Phi) is 4.30. The monoisotopic (exact) mass is 329 g/mol. The average Bonchev–Trinajstić information content (AvgIpc) is 2.94. The highest BCUT2D eigenvalue weighted by molar-refractivity contribution is 7.21. The molecule has 0 unspecified atom stereocenters. The first-order chi connectivity index (χ1) is 11.1. The number of fused-ring (bicyclic) bond motifs is 1. The van der Waals surface area contributed by atoms with Crippen LogP contribution in [0.15, 0.2) is 42.5 Å². The molecule has 1 N–H and O–H groups in total. The van der Waals surface area contributed by atoms with Crippen LogP contribution in [0.25, 0.3) is 10.1 Å². The van der Waals surface area contributed by atoms with Gasteiger partial charge in [0.05, 0.1) is 12.5 Å². The van der Waals surface area contributed by atoms with Crippen molar-refractivity contribution in [2.75, 3.05) is 7.11 Å². The Morgan fingerprint density at radius 3 is 2.65 bits per heavy atom. The first-order valence-corrected chi connectivity index (χ1v) is 8.00. The minimum absolute atomic E-state index is 0.261. The van der Waals surface area contributed by atoms with E-state index in [1.165, 1.54) is 30.1 Å². The number of halogens is 1. The lowest BCUT2D eigenvalue weighted by Crippen LogP contribution is -2.22. The summed E-state index contributed by atoms with van der Waals surface area (Å²) in [6.45, 7) is 2.43. The highest BCUT2D eigenvalue weighted by Crippen LogP contribution is 2.39. The molecule has 1 heterocycles. The number of amides is 1. The number of hydrogen-bond acceptors (Lipinski definition) is 3. The quantitative estimate of drug-likeness (QED) is 0.775. The fourth-order valence-corrected chi connectivity index (χ4v) is 3.49. The Morgan fingerprint density at radius 2 is 1.96 bits per heavy atom. The van der Waals surface area contributed by atoms with Gasteiger partial charge in [0.1, 0.15) is 10.7 Å². The zero-order chi connectivity index (χ0) is 16.4. The molecule has 1 amide bonds. The van der Waals surface area contributed by atoms with Crippen LogP contribution in [0, 0.1) is 12.7 Å².